The summed E-state index contributed by atoms with van der Waals surface area (Å²) in [5.41, 5.74) is 0.291. The Hall–Kier alpha value is -0.860. The molecule has 1 N–H and O–H groups in total. The van der Waals surface area contributed by atoms with E-state index in [1.54, 1.807) is 7.11 Å². The van der Waals surface area contributed by atoms with Crippen molar-refractivity contribution in [2.45, 2.75) is 38.7 Å². The van der Waals surface area contributed by atoms with Crippen LogP contribution in [0.5, 0.6) is 0 Å². The molecular formula is C15H24O2. The minimum atomic E-state index is -0.728. The summed E-state index contributed by atoms with van der Waals surface area (Å²) >= 11 is 0. The monoisotopic (exact) mass is 236 g/mol. The Labute approximate surface area is 105 Å². The van der Waals surface area contributed by atoms with Crippen LogP contribution in [0.3, 0.4) is 0 Å². The van der Waals surface area contributed by atoms with Gasteiger partial charge in [0.15, 0.2) is 0 Å². The molecule has 0 aromatic heterocycles. The highest BCUT2D eigenvalue weighted by Gasteiger charge is 2.34. The lowest BCUT2D eigenvalue weighted by Gasteiger charge is -2.34. The van der Waals surface area contributed by atoms with Gasteiger partial charge in [0.25, 0.3) is 0 Å². The number of benzene rings is 1. The number of methoxy groups -OCH3 is 1. The third-order valence-electron chi connectivity index (χ3n) is 3.48. The van der Waals surface area contributed by atoms with E-state index in [1.165, 1.54) is 0 Å². The minimum Gasteiger partial charge on any atom is -0.385 e. The van der Waals surface area contributed by atoms with Crippen LogP contribution in [0, 0.1) is 5.92 Å². The molecule has 0 aliphatic carbocycles. The van der Waals surface area contributed by atoms with Crippen LogP contribution < -0.4 is 0 Å². The molecule has 2 unspecified atom stereocenters. The second-order valence-corrected chi connectivity index (χ2v) is 4.72. The lowest BCUT2D eigenvalue weighted by Crippen LogP contribution is -2.34. The van der Waals surface area contributed by atoms with Crippen molar-refractivity contribution < 1.29 is 9.84 Å². The molecule has 2 atom stereocenters. The van der Waals surface area contributed by atoms with Gasteiger partial charge >= 0.3 is 0 Å². The quantitative estimate of drug-likeness (QED) is 0.786. The number of hydrogen-bond donors (Lipinski definition) is 1. The molecule has 96 valence electrons. The van der Waals surface area contributed by atoms with E-state index in [9.17, 15) is 5.11 Å². The smallest absolute Gasteiger partial charge is 0.0922 e. The second kappa shape index (κ2) is 6.77. The maximum absolute atomic E-state index is 10.9. The van der Waals surface area contributed by atoms with E-state index in [0.717, 1.165) is 24.8 Å². The molecular weight excluding hydrogens is 212 g/mol. The summed E-state index contributed by atoms with van der Waals surface area (Å²) in [5.74, 6) is 0.199. The van der Waals surface area contributed by atoms with Crippen LogP contribution in [0.15, 0.2) is 30.3 Å². The first-order valence-corrected chi connectivity index (χ1v) is 6.42. The van der Waals surface area contributed by atoms with Crippen molar-refractivity contribution in [1.82, 2.24) is 0 Å². The van der Waals surface area contributed by atoms with E-state index in [4.69, 9.17) is 4.74 Å². The van der Waals surface area contributed by atoms with Crippen LogP contribution >= 0.6 is 0 Å². The summed E-state index contributed by atoms with van der Waals surface area (Å²) < 4.78 is 5.11. The van der Waals surface area contributed by atoms with Crippen LogP contribution in [0.2, 0.25) is 0 Å². The van der Waals surface area contributed by atoms with Gasteiger partial charge in [0.2, 0.25) is 0 Å². The molecule has 0 fully saturated rings. The predicted octanol–water partition coefficient (Wildman–Crippen LogP) is 3.35. The van der Waals surface area contributed by atoms with Gasteiger partial charge in [-0.2, -0.15) is 0 Å². The van der Waals surface area contributed by atoms with Gasteiger partial charge in [-0.3, -0.25) is 0 Å². The Balaban J connectivity index is 2.88. The summed E-state index contributed by atoms with van der Waals surface area (Å²) in [6, 6.07) is 9.98. The topological polar surface area (TPSA) is 29.5 Å². The molecule has 0 aliphatic heterocycles. The summed E-state index contributed by atoms with van der Waals surface area (Å²) in [6.45, 7) is 4.90. The van der Waals surface area contributed by atoms with Crippen LogP contribution in [-0.2, 0) is 10.3 Å². The molecule has 17 heavy (non-hydrogen) atoms. The third kappa shape index (κ3) is 3.55. The molecule has 0 radical (unpaired) electrons. The summed E-state index contributed by atoms with van der Waals surface area (Å²) in [6.07, 6.45) is 2.65. The number of hydrogen-bond acceptors (Lipinski definition) is 2. The zero-order valence-electron chi connectivity index (χ0n) is 11.1. The van der Waals surface area contributed by atoms with Crippen molar-refractivity contribution >= 4 is 0 Å². The Morgan fingerprint density at radius 2 is 1.94 bits per heavy atom. The van der Waals surface area contributed by atoms with E-state index in [2.05, 4.69) is 13.8 Å². The number of aliphatic hydroxyl groups is 1. The summed E-state index contributed by atoms with van der Waals surface area (Å²) in [5, 5.41) is 10.9. The fraction of sp³-hybridized carbons (Fsp3) is 0.600. The van der Waals surface area contributed by atoms with Gasteiger partial charge in [-0.05, 0) is 24.3 Å². The van der Waals surface area contributed by atoms with Crippen molar-refractivity contribution in [3.05, 3.63) is 35.9 Å². The van der Waals surface area contributed by atoms with Crippen molar-refractivity contribution in [2.75, 3.05) is 13.7 Å². The lowest BCUT2D eigenvalue weighted by atomic mass is 9.77. The van der Waals surface area contributed by atoms with Gasteiger partial charge in [-0.1, -0.05) is 50.6 Å². The average molecular weight is 236 g/mol. The fourth-order valence-corrected chi connectivity index (χ4v) is 2.32. The molecule has 2 nitrogen and oxygen atoms in total. The zero-order chi connectivity index (χ0) is 12.7. The van der Waals surface area contributed by atoms with Crippen molar-refractivity contribution in [3.63, 3.8) is 0 Å². The minimum absolute atomic E-state index is 0.199. The van der Waals surface area contributed by atoms with E-state index in [-0.39, 0.29) is 5.92 Å². The van der Waals surface area contributed by atoms with E-state index < -0.39 is 5.60 Å². The Morgan fingerprint density at radius 3 is 2.47 bits per heavy atom. The lowest BCUT2D eigenvalue weighted by molar-refractivity contribution is -0.0360. The summed E-state index contributed by atoms with van der Waals surface area (Å²) in [4.78, 5) is 0. The maximum Gasteiger partial charge on any atom is 0.0922 e. The molecule has 0 saturated heterocycles. The average Bonchev–Trinajstić information content (AvgIpc) is 2.37. The molecule has 1 aromatic rings. The normalized spacial score (nSPS) is 16.5. The zero-order valence-corrected chi connectivity index (χ0v) is 11.1. The molecule has 0 saturated carbocycles. The van der Waals surface area contributed by atoms with Crippen molar-refractivity contribution in [2.24, 2.45) is 5.92 Å². The molecule has 1 rings (SSSR count). The largest absolute Gasteiger partial charge is 0.385 e. The standard InChI is InChI=1S/C15H24O2/c1-4-11-15(16,13(2)10-12-17-3)14-8-6-5-7-9-14/h5-9,13,16H,4,10-12H2,1-3H3. The third-order valence-corrected chi connectivity index (χ3v) is 3.48. The first-order valence-electron chi connectivity index (χ1n) is 6.42. The van der Waals surface area contributed by atoms with Gasteiger partial charge in [0.1, 0.15) is 0 Å². The first-order chi connectivity index (χ1) is 8.15. The molecule has 0 spiro atoms. The van der Waals surface area contributed by atoms with Crippen molar-refractivity contribution in [3.8, 4) is 0 Å². The van der Waals surface area contributed by atoms with Gasteiger partial charge < -0.3 is 9.84 Å². The predicted molar refractivity (Wildman–Crippen MR) is 70.9 cm³/mol. The Morgan fingerprint density at radius 1 is 1.29 bits per heavy atom. The number of rotatable bonds is 7. The van der Waals surface area contributed by atoms with Crippen LogP contribution in [0.1, 0.15) is 38.7 Å². The number of ether oxygens (including phenoxy) is 1. The van der Waals surface area contributed by atoms with E-state index in [1.807, 2.05) is 30.3 Å². The SMILES string of the molecule is CCCC(O)(c1ccccc1)C(C)CCOC. The molecule has 0 bridgehead atoms. The highest BCUT2D eigenvalue weighted by atomic mass is 16.5. The highest BCUT2D eigenvalue weighted by molar-refractivity contribution is 5.23. The van der Waals surface area contributed by atoms with Crippen molar-refractivity contribution in [1.29, 1.82) is 0 Å². The molecule has 0 amide bonds. The Kier molecular flexibility index (Phi) is 5.66. The van der Waals surface area contributed by atoms with E-state index >= 15 is 0 Å². The van der Waals surface area contributed by atoms with Gasteiger partial charge in [0, 0.05) is 13.7 Å². The van der Waals surface area contributed by atoms with Gasteiger partial charge in [-0.25, -0.2) is 0 Å². The van der Waals surface area contributed by atoms with Crippen LogP contribution in [-0.4, -0.2) is 18.8 Å². The first kappa shape index (κ1) is 14.2. The maximum atomic E-state index is 10.9. The van der Waals surface area contributed by atoms with Gasteiger partial charge in [-0.15, -0.1) is 0 Å². The Bertz CT molecular complexity index is 310. The highest BCUT2D eigenvalue weighted by Crippen LogP contribution is 2.35. The van der Waals surface area contributed by atoms with Crippen LogP contribution in [0.25, 0.3) is 0 Å². The summed E-state index contributed by atoms with van der Waals surface area (Å²) in [7, 11) is 1.70. The van der Waals surface area contributed by atoms with E-state index in [0.29, 0.717) is 6.61 Å². The molecule has 1 aromatic carbocycles. The van der Waals surface area contributed by atoms with Crippen LogP contribution in [0.4, 0.5) is 0 Å². The molecule has 2 heteroatoms. The van der Waals surface area contributed by atoms with Gasteiger partial charge in [0.05, 0.1) is 5.60 Å². The molecule has 0 heterocycles. The fourth-order valence-electron chi connectivity index (χ4n) is 2.32. The second-order valence-electron chi connectivity index (χ2n) is 4.72. The molecule has 0 aliphatic rings.